The maximum atomic E-state index is 12.2. The van der Waals surface area contributed by atoms with E-state index in [0.29, 0.717) is 18.4 Å². The minimum Gasteiger partial charge on any atom is -0.467 e. The number of aromatic nitrogens is 1. The van der Waals surface area contributed by atoms with E-state index in [4.69, 9.17) is 9.40 Å². The maximum Gasteiger partial charge on any atom is 0.227 e. The molecule has 0 unspecified atom stereocenters. The molecule has 4 aliphatic carbocycles. The van der Waals surface area contributed by atoms with Crippen LogP contribution in [0.3, 0.4) is 0 Å². The molecule has 1 amide bonds. The Labute approximate surface area is 152 Å². The summed E-state index contributed by atoms with van der Waals surface area (Å²) in [6, 6.07) is 3.70. The van der Waals surface area contributed by atoms with Crippen molar-refractivity contribution in [1.82, 2.24) is 10.3 Å². The van der Waals surface area contributed by atoms with E-state index < -0.39 is 0 Å². The first kappa shape index (κ1) is 15.6. The first-order valence-electron chi connectivity index (χ1n) is 9.42. The number of amides is 1. The Morgan fingerprint density at radius 3 is 2.60 bits per heavy atom. The third kappa shape index (κ3) is 2.92. The third-order valence-electron chi connectivity index (χ3n) is 6.49. The lowest BCUT2D eigenvalue weighted by Gasteiger charge is -2.56. The van der Waals surface area contributed by atoms with Crippen LogP contribution in [0.15, 0.2) is 28.2 Å². The number of hydrogen-bond acceptors (Lipinski definition) is 4. The summed E-state index contributed by atoms with van der Waals surface area (Å²) in [5.41, 5.74) is 1.61. The van der Waals surface area contributed by atoms with Gasteiger partial charge in [0.05, 0.1) is 24.9 Å². The Morgan fingerprint density at radius 2 is 1.96 bits per heavy atom. The maximum absolute atomic E-state index is 12.2. The highest BCUT2D eigenvalue weighted by molar-refractivity contribution is 7.09. The number of furan rings is 1. The van der Waals surface area contributed by atoms with Gasteiger partial charge >= 0.3 is 0 Å². The van der Waals surface area contributed by atoms with E-state index in [2.05, 4.69) is 10.7 Å². The van der Waals surface area contributed by atoms with Gasteiger partial charge in [-0.05, 0) is 68.4 Å². The molecule has 6 rings (SSSR count). The molecule has 0 saturated heterocycles. The largest absolute Gasteiger partial charge is 0.467 e. The van der Waals surface area contributed by atoms with Gasteiger partial charge in [0, 0.05) is 10.8 Å². The lowest BCUT2D eigenvalue weighted by Crippen LogP contribution is -2.48. The summed E-state index contributed by atoms with van der Waals surface area (Å²) in [5, 5.41) is 6.10. The molecule has 132 valence electrons. The second-order valence-corrected chi connectivity index (χ2v) is 9.30. The molecule has 0 spiro atoms. The smallest absolute Gasteiger partial charge is 0.227 e. The van der Waals surface area contributed by atoms with Crippen LogP contribution in [0, 0.1) is 17.8 Å². The molecule has 0 radical (unpaired) electrons. The van der Waals surface area contributed by atoms with Crippen molar-refractivity contribution in [2.24, 2.45) is 17.8 Å². The van der Waals surface area contributed by atoms with Crippen molar-refractivity contribution in [2.45, 2.75) is 56.9 Å². The van der Waals surface area contributed by atoms with Crippen LogP contribution in [0.1, 0.15) is 55.0 Å². The van der Waals surface area contributed by atoms with Crippen molar-refractivity contribution >= 4 is 17.2 Å². The Kier molecular flexibility index (Phi) is 3.73. The van der Waals surface area contributed by atoms with Crippen molar-refractivity contribution in [3.8, 4) is 0 Å². The number of carbonyl (C=O) groups excluding carboxylic acids is 1. The van der Waals surface area contributed by atoms with Gasteiger partial charge in [-0.1, -0.05) is 0 Å². The first-order valence-corrected chi connectivity index (χ1v) is 10.3. The van der Waals surface area contributed by atoms with E-state index in [9.17, 15) is 4.79 Å². The van der Waals surface area contributed by atoms with Gasteiger partial charge in [-0.2, -0.15) is 0 Å². The SMILES string of the molecule is O=C(Cc1nc(C23CC4CC(CC(C4)C2)C3)cs1)NCc1ccco1. The van der Waals surface area contributed by atoms with Gasteiger partial charge < -0.3 is 9.73 Å². The van der Waals surface area contributed by atoms with Gasteiger partial charge in [-0.25, -0.2) is 4.98 Å². The van der Waals surface area contributed by atoms with Gasteiger partial charge in [0.2, 0.25) is 5.91 Å². The summed E-state index contributed by atoms with van der Waals surface area (Å²) in [6.07, 6.45) is 10.3. The molecule has 5 heteroatoms. The molecule has 2 aromatic heterocycles. The molecule has 4 fully saturated rings. The van der Waals surface area contributed by atoms with E-state index in [1.54, 1.807) is 17.6 Å². The zero-order valence-corrected chi connectivity index (χ0v) is 15.2. The second-order valence-electron chi connectivity index (χ2n) is 8.36. The van der Waals surface area contributed by atoms with Gasteiger partial charge in [0.15, 0.2) is 0 Å². The molecule has 0 aliphatic heterocycles. The molecule has 0 atom stereocenters. The van der Waals surface area contributed by atoms with Crippen LogP contribution in [-0.4, -0.2) is 10.9 Å². The molecule has 4 saturated carbocycles. The zero-order valence-electron chi connectivity index (χ0n) is 14.4. The molecule has 25 heavy (non-hydrogen) atoms. The second kappa shape index (κ2) is 5.97. The fourth-order valence-corrected chi connectivity index (χ4v) is 6.77. The average molecular weight is 356 g/mol. The fraction of sp³-hybridized carbons (Fsp3) is 0.600. The van der Waals surface area contributed by atoms with Gasteiger partial charge in [0.25, 0.3) is 0 Å². The standard InChI is InChI=1S/C20H24N2O2S/c23-18(21-11-16-2-1-3-24-16)7-19-22-17(12-25-19)20-8-13-4-14(9-20)6-15(5-13)10-20/h1-3,12-15H,4-11H2,(H,21,23). The highest BCUT2D eigenvalue weighted by atomic mass is 32.1. The van der Waals surface area contributed by atoms with Crippen LogP contribution in [0.4, 0.5) is 0 Å². The number of thiazole rings is 1. The molecule has 2 heterocycles. The molecule has 2 aromatic rings. The molecule has 4 nitrogen and oxygen atoms in total. The van der Waals surface area contributed by atoms with E-state index in [1.165, 1.54) is 44.2 Å². The molecule has 0 aromatic carbocycles. The minimum absolute atomic E-state index is 0.0165. The summed E-state index contributed by atoms with van der Waals surface area (Å²) >= 11 is 1.65. The molecular formula is C20H24N2O2S. The van der Waals surface area contributed by atoms with Crippen LogP contribution < -0.4 is 5.32 Å². The number of nitrogens with zero attached hydrogens (tertiary/aromatic N) is 1. The summed E-state index contributed by atoms with van der Waals surface area (Å²) in [5.74, 6) is 3.57. The summed E-state index contributed by atoms with van der Waals surface area (Å²) < 4.78 is 5.25. The van der Waals surface area contributed by atoms with Crippen LogP contribution in [0.5, 0.6) is 0 Å². The number of rotatable bonds is 5. The normalized spacial score (nSPS) is 32.9. The molecule has 1 N–H and O–H groups in total. The van der Waals surface area contributed by atoms with Crippen LogP contribution in [0.25, 0.3) is 0 Å². The summed E-state index contributed by atoms with van der Waals surface area (Å²) in [7, 11) is 0. The highest BCUT2D eigenvalue weighted by Crippen LogP contribution is 2.60. The third-order valence-corrected chi connectivity index (χ3v) is 7.33. The predicted octanol–water partition coefficient (Wildman–Crippen LogP) is 4.06. The van der Waals surface area contributed by atoms with Crippen LogP contribution >= 0.6 is 11.3 Å². The van der Waals surface area contributed by atoms with Crippen molar-refractivity contribution in [3.05, 3.63) is 40.2 Å². The fourth-order valence-electron chi connectivity index (χ4n) is 5.86. The van der Waals surface area contributed by atoms with E-state index in [-0.39, 0.29) is 5.91 Å². The molecule has 4 bridgehead atoms. The van der Waals surface area contributed by atoms with Gasteiger partial charge in [0.1, 0.15) is 10.8 Å². The Bertz CT molecular complexity index is 729. The number of nitrogens with one attached hydrogen (secondary N) is 1. The molecular weight excluding hydrogens is 332 g/mol. The van der Waals surface area contributed by atoms with Crippen molar-refractivity contribution in [3.63, 3.8) is 0 Å². The highest BCUT2D eigenvalue weighted by Gasteiger charge is 2.52. The van der Waals surface area contributed by atoms with Gasteiger partial charge in [-0.15, -0.1) is 11.3 Å². The van der Waals surface area contributed by atoms with Crippen LogP contribution in [0.2, 0.25) is 0 Å². The topological polar surface area (TPSA) is 55.1 Å². The van der Waals surface area contributed by atoms with E-state index >= 15 is 0 Å². The summed E-state index contributed by atoms with van der Waals surface area (Å²) in [6.45, 7) is 0.443. The quantitative estimate of drug-likeness (QED) is 0.879. The lowest BCUT2D eigenvalue weighted by molar-refractivity contribution is -0.120. The summed E-state index contributed by atoms with van der Waals surface area (Å²) in [4.78, 5) is 17.1. The number of carbonyl (C=O) groups is 1. The lowest BCUT2D eigenvalue weighted by atomic mass is 9.49. The Balaban J connectivity index is 1.25. The Hall–Kier alpha value is -1.62. The zero-order chi connectivity index (χ0) is 16.9. The van der Waals surface area contributed by atoms with Crippen molar-refractivity contribution in [1.29, 1.82) is 0 Å². The Morgan fingerprint density at radius 1 is 1.24 bits per heavy atom. The minimum atomic E-state index is 0.0165. The van der Waals surface area contributed by atoms with Crippen molar-refractivity contribution < 1.29 is 9.21 Å². The first-order chi connectivity index (χ1) is 12.2. The number of hydrogen-bond donors (Lipinski definition) is 1. The molecule has 4 aliphatic rings. The van der Waals surface area contributed by atoms with E-state index in [0.717, 1.165) is 28.5 Å². The average Bonchev–Trinajstić information content (AvgIpc) is 3.23. The van der Waals surface area contributed by atoms with Gasteiger partial charge in [-0.3, -0.25) is 4.79 Å². The monoisotopic (exact) mass is 356 g/mol. The predicted molar refractivity (Wildman–Crippen MR) is 96.2 cm³/mol. The van der Waals surface area contributed by atoms with Crippen LogP contribution in [-0.2, 0) is 23.2 Å². The van der Waals surface area contributed by atoms with E-state index in [1.807, 2.05) is 12.1 Å². The van der Waals surface area contributed by atoms with Crippen molar-refractivity contribution in [2.75, 3.05) is 0 Å².